The third-order valence-corrected chi connectivity index (χ3v) is 4.79. The lowest BCUT2D eigenvalue weighted by molar-refractivity contribution is -0.127. The Hall–Kier alpha value is -1.99. The van der Waals surface area contributed by atoms with E-state index in [0.717, 1.165) is 25.7 Å². The van der Waals surface area contributed by atoms with Crippen molar-refractivity contribution < 1.29 is 14.3 Å². The Balaban J connectivity index is 2.63. The molecule has 2 amide bonds. The van der Waals surface area contributed by atoms with Gasteiger partial charge in [-0.3, -0.25) is 4.79 Å². The Morgan fingerprint density at radius 3 is 2.36 bits per heavy atom. The van der Waals surface area contributed by atoms with Crippen LogP contribution in [0, 0.1) is 5.92 Å². The fourth-order valence-electron chi connectivity index (χ4n) is 2.92. The van der Waals surface area contributed by atoms with Gasteiger partial charge in [0.15, 0.2) is 5.96 Å². The molecule has 1 aliphatic heterocycles. The van der Waals surface area contributed by atoms with E-state index in [-0.39, 0.29) is 30.6 Å². The highest BCUT2D eigenvalue weighted by Gasteiger charge is 2.24. The molecule has 1 fully saturated rings. The molecule has 8 heteroatoms. The Labute approximate surface area is 170 Å². The first-order valence-corrected chi connectivity index (χ1v) is 10.4. The summed E-state index contributed by atoms with van der Waals surface area (Å²) in [6, 6.07) is 0.478. The van der Waals surface area contributed by atoms with E-state index in [1.165, 1.54) is 0 Å². The molecule has 0 radical (unpaired) electrons. The van der Waals surface area contributed by atoms with Gasteiger partial charge in [0, 0.05) is 39.3 Å². The molecule has 8 nitrogen and oxygen atoms in total. The van der Waals surface area contributed by atoms with Gasteiger partial charge in [0.25, 0.3) is 0 Å². The van der Waals surface area contributed by atoms with Gasteiger partial charge in [-0.15, -0.1) is 0 Å². The highest BCUT2D eigenvalue weighted by molar-refractivity contribution is 5.85. The monoisotopic (exact) mass is 397 g/mol. The smallest absolute Gasteiger partial charge is 0.409 e. The largest absolute Gasteiger partial charge is 0.450 e. The van der Waals surface area contributed by atoms with Crippen LogP contribution in [0.4, 0.5) is 4.79 Å². The first-order chi connectivity index (χ1) is 13.2. The molecule has 1 aliphatic rings. The standard InChI is InChI=1S/C20H39N5O3/c1-7-28-20(27)25-12-10-17(11-13-25)23-19(21-14-18(26)24(5)6)22-16(4)9-8-15(2)3/h15-17H,7-14H2,1-6H3,(H2,21,22,23). The van der Waals surface area contributed by atoms with Crippen LogP contribution in [0.2, 0.25) is 0 Å². The molecule has 0 aliphatic carbocycles. The Morgan fingerprint density at radius 2 is 1.82 bits per heavy atom. The van der Waals surface area contributed by atoms with Crippen molar-refractivity contribution in [1.82, 2.24) is 20.4 Å². The molecule has 2 N–H and O–H groups in total. The third-order valence-electron chi connectivity index (χ3n) is 4.79. The normalized spacial score (nSPS) is 16.7. The molecule has 0 bridgehead atoms. The fourth-order valence-corrected chi connectivity index (χ4v) is 2.92. The molecule has 1 rings (SSSR count). The van der Waals surface area contributed by atoms with E-state index >= 15 is 0 Å². The summed E-state index contributed by atoms with van der Waals surface area (Å²) in [5, 5.41) is 6.88. The second kappa shape index (κ2) is 12.5. The number of carbonyl (C=O) groups is 2. The minimum Gasteiger partial charge on any atom is -0.450 e. The first-order valence-electron chi connectivity index (χ1n) is 10.4. The summed E-state index contributed by atoms with van der Waals surface area (Å²) in [6.07, 6.45) is 3.58. The topological polar surface area (TPSA) is 86.3 Å². The number of nitrogens with zero attached hydrogens (tertiary/aromatic N) is 3. The van der Waals surface area contributed by atoms with Crippen LogP contribution in [-0.4, -0.2) is 80.2 Å². The fraction of sp³-hybridized carbons (Fsp3) is 0.850. The van der Waals surface area contributed by atoms with Crippen molar-refractivity contribution in [3.8, 4) is 0 Å². The van der Waals surface area contributed by atoms with E-state index in [4.69, 9.17) is 4.74 Å². The second-order valence-electron chi connectivity index (χ2n) is 8.07. The summed E-state index contributed by atoms with van der Waals surface area (Å²) in [6.45, 7) is 10.2. The summed E-state index contributed by atoms with van der Waals surface area (Å²) < 4.78 is 5.07. The van der Waals surface area contributed by atoms with E-state index < -0.39 is 0 Å². The highest BCUT2D eigenvalue weighted by Crippen LogP contribution is 2.12. The average molecular weight is 398 g/mol. The number of rotatable bonds is 8. The maximum absolute atomic E-state index is 11.9. The second-order valence-corrected chi connectivity index (χ2v) is 8.07. The zero-order valence-electron chi connectivity index (χ0n) is 18.5. The van der Waals surface area contributed by atoms with E-state index in [2.05, 4.69) is 36.4 Å². The molecule has 162 valence electrons. The van der Waals surface area contributed by atoms with Crippen LogP contribution in [0.1, 0.15) is 53.4 Å². The zero-order valence-corrected chi connectivity index (χ0v) is 18.5. The van der Waals surface area contributed by atoms with E-state index in [1.807, 2.05) is 6.92 Å². The van der Waals surface area contributed by atoms with E-state index in [9.17, 15) is 9.59 Å². The van der Waals surface area contributed by atoms with Crippen LogP contribution in [0.15, 0.2) is 4.99 Å². The molecule has 1 unspecified atom stereocenters. The van der Waals surface area contributed by atoms with Crippen molar-refractivity contribution in [2.45, 2.75) is 65.5 Å². The van der Waals surface area contributed by atoms with Crippen molar-refractivity contribution in [3.63, 3.8) is 0 Å². The van der Waals surface area contributed by atoms with Gasteiger partial charge in [-0.1, -0.05) is 13.8 Å². The first kappa shape index (κ1) is 24.0. The van der Waals surface area contributed by atoms with Crippen LogP contribution in [0.3, 0.4) is 0 Å². The van der Waals surface area contributed by atoms with E-state index in [0.29, 0.717) is 31.6 Å². The predicted octanol–water partition coefficient (Wildman–Crippen LogP) is 2.06. The van der Waals surface area contributed by atoms with Crippen molar-refractivity contribution in [3.05, 3.63) is 0 Å². The van der Waals surface area contributed by atoms with Crippen LogP contribution in [0.25, 0.3) is 0 Å². The average Bonchev–Trinajstić information content (AvgIpc) is 2.64. The minimum atomic E-state index is -0.244. The molecule has 28 heavy (non-hydrogen) atoms. The molecule has 0 aromatic rings. The quantitative estimate of drug-likeness (QED) is 0.484. The van der Waals surface area contributed by atoms with Crippen LogP contribution in [-0.2, 0) is 9.53 Å². The Kier molecular flexibility index (Phi) is 10.7. The number of nitrogens with one attached hydrogen (secondary N) is 2. The third kappa shape index (κ3) is 9.28. The van der Waals surface area contributed by atoms with Gasteiger partial charge in [0.1, 0.15) is 6.54 Å². The van der Waals surface area contributed by atoms with Crippen molar-refractivity contribution in [2.24, 2.45) is 10.9 Å². The Bertz CT molecular complexity index is 514. The number of likely N-dealkylation sites (N-methyl/N-ethyl adjacent to an activating group) is 1. The van der Waals surface area contributed by atoms with Gasteiger partial charge >= 0.3 is 6.09 Å². The number of aliphatic imine (C=N–C) groups is 1. The number of amides is 2. The summed E-state index contributed by atoms with van der Waals surface area (Å²) in [5.41, 5.74) is 0. The molecule has 1 atom stereocenters. The maximum Gasteiger partial charge on any atom is 0.409 e. The van der Waals surface area contributed by atoms with Gasteiger partial charge in [-0.2, -0.15) is 0 Å². The molecular weight excluding hydrogens is 358 g/mol. The lowest BCUT2D eigenvalue weighted by Gasteiger charge is -2.33. The van der Waals surface area contributed by atoms with Gasteiger partial charge in [-0.05, 0) is 45.4 Å². The lowest BCUT2D eigenvalue weighted by Crippen LogP contribution is -2.51. The predicted molar refractivity (Wildman–Crippen MR) is 112 cm³/mol. The number of piperidine rings is 1. The Morgan fingerprint density at radius 1 is 1.18 bits per heavy atom. The van der Waals surface area contributed by atoms with Crippen molar-refractivity contribution in [1.29, 1.82) is 0 Å². The molecule has 0 spiro atoms. The summed E-state index contributed by atoms with van der Waals surface area (Å²) in [7, 11) is 3.46. The van der Waals surface area contributed by atoms with Gasteiger partial charge < -0.3 is 25.2 Å². The summed E-state index contributed by atoms with van der Waals surface area (Å²) >= 11 is 0. The number of likely N-dealkylation sites (tertiary alicyclic amines) is 1. The molecule has 1 saturated heterocycles. The molecule has 0 aromatic heterocycles. The maximum atomic E-state index is 11.9. The van der Waals surface area contributed by atoms with Crippen LogP contribution >= 0.6 is 0 Å². The number of carbonyl (C=O) groups excluding carboxylic acids is 2. The van der Waals surface area contributed by atoms with Crippen molar-refractivity contribution in [2.75, 3.05) is 40.3 Å². The van der Waals surface area contributed by atoms with Crippen LogP contribution in [0.5, 0.6) is 0 Å². The number of guanidine groups is 1. The minimum absolute atomic E-state index is 0.0342. The molecular formula is C20H39N5O3. The summed E-state index contributed by atoms with van der Waals surface area (Å²) in [4.78, 5) is 31.5. The number of hydrogen-bond acceptors (Lipinski definition) is 4. The van der Waals surface area contributed by atoms with Gasteiger partial charge in [0.05, 0.1) is 6.61 Å². The molecule has 0 aromatic carbocycles. The molecule has 0 saturated carbocycles. The zero-order chi connectivity index (χ0) is 21.1. The van der Waals surface area contributed by atoms with Gasteiger partial charge in [-0.25, -0.2) is 9.79 Å². The van der Waals surface area contributed by atoms with E-state index in [1.54, 1.807) is 23.9 Å². The van der Waals surface area contributed by atoms with Crippen LogP contribution < -0.4 is 10.6 Å². The lowest BCUT2D eigenvalue weighted by atomic mass is 10.0. The number of ether oxygens (including phenoxy) is 1. The van der Waals surface area contributed by atoms with Gasteiger partial charge in [0.2, 0.25) is 5.91 Å². The number of hydrogen-bond donors (Lipinski definition) is 2. The SMILES string of the molecule is CCOC(=O)N1CCC(NC(=NCC(=O)N(C)C)NC(C)CCC(C)C)CC1. The van der Waals surface area contributed by atoms with Crippen molar-refractivity contribution >= 4 is 18.0 Å². The highest BCUT2D eigenvalue weighted by atomic mass is 16.6. The molecule has 1 heterocycles. The summed E-state index contributed by atoms with van der Waals surface area (Å²) in [5.74, 6) is 1.29.